The maximum Gasteiger partial charge on any atom is 0.320 e. The van der Waals surface area contributed by atoms with Crippen molar-refractivity contribution in [2.45, 2.75) is 44.7 Å². The van der Waals surface area contributed by atoms with E-state index < -0.39 is 27.4 Å². The Morgan fingerprint density at radius 3 is 2.50 bits per heavy atom. The highest BCUT2D eigenvalue weighted by Gasteiger charge is 2.39. The summed E-state index contributed by atoms with van der Waals surface area (Å²) in [5.41, 5.74) is -0.749. The van der Waals surface area contributed by atoms with Gasteiger partial charge in [-0.05, 0) is 19.8 Å². The van der Waals surface area contributed by atoms with Crippen molar-refractivity contribution in [1.82, 2.24) is 10.6 Å². The number of carboxylic acid groups (broad SMARTS) is 1. The molecule has 1 amide bonds. The molecule has 0 spiro atoms. The van der Waals surface area contributed by atoms with Gasteiger partial charge in [-0.15, -0.1) is 0 Å². The SMILES string of the molecule is CCCC(NCC(=O)NC1(C)CCS(=O)(=O)C1)C(=O)O. The van der Waals surface area contributed by atoms with Gasteiger partial charge in [-0.25, -0.2) is 8.42 Å². The molecule has 116 valence electrons. The zero-order valence-electron chi connectivity index (χ0n) is 11.8. The maximum atomic E-state index is 11.8. The molecule has 1 heterocycles. The molecule has 0 aromatic rings. The van der Waals surface area contributed by atoms with Crippen molar-refractivity contribution in [3.63, 3.8) is 0 Å². The molecule has 8 heteroatoms. The number of carbonyl (C=O) groups is 2. The number of hydrogen-bond acceptors (Lipinski definition) is 5. The molecule has 1 rings (SSSR count). The Hall–Kier alpha value is -1.15. The average molecular weight is 306 g/mol. The largest absolute Gasteiger partial charge is 0.480 e. The Kier molecular flexibility index (Phi) is 5.52. The lowest BCUT2D eigenvalue weighted by molar-refractivity contribution is -0.139. The van der Waals surface area contributed by atoms with E-state index in [1.165, 1.54) is 0 Å². The molecular formula is C12H22N2O5S. The fraction of sp³-hybridized carbons (Fsp3) is 0.833. The van der Waals surface area contributed by atoms with Crippen LogP contribution >= 0.6 is 0 Å². The van der Waals surface area contributed by atoms with Crippen molar-refractivity contribution >= 4 is 21.7 Å². The predicted octanol–water partition coefficient (Wildman–Crippen LogP) is -0.477. The van der Waals surface area contributed by atoms with Gasteiger partial charge in [0.05, 0.1) is 23.6 Å². The van der Waals surface area contributed by atoms with Crippen LogP contribution in [0.2, 0.25) is 0 Å². The topological polar surface area (TPSA) is 113 Å². The molecule has 2 atom stereocenters. The first-order valence-corrected chi connectivity index (χ1v) is 8.47. The Morgan fingerprint density at radius 2 is 2.05 bits per heavy atom. The van der Waals surface area contributed by atoms with E-state index in [9.17, 15) is 18.0 Å². The minimum Gasteiger partial charge on any atom is -0.480 e. The number of hydrogen-bond donors (Lipinski definition) is 3. The van der Waals surface area contributed by atoms with Crippen molar-refractivity contribution in [2.24, 2.45) is 0 Å². The van der Waals surface area contributed by atoms with Crippen LogP contribution in [0.1, 0.15) is 33.1 Å². The third-order valence-corrected chi connectivity index (χ3v) is 5.23. The zero-order valence-corrected chi connectivity index (χ0v) is 12.6. The second kappa shape index (κ2) is 6.53. The van der Waals surface area contributed by atoms with E-state index >= 15 is 0 Å². The molecule has 0 aromatic carbocycles. The Bertz CT molecular complexity index is 476. The minimum atomic E-state index is -3.08. The van der Waals surface area contributed by atoms with Gasteiger partial charge in [0, 0.05) is 0 Å². The number of rotatable bonds is 7. The lowest BCUT2D eigenvalue weighted by atomic mass is 10.0. The van der Waals surface area contributed by atoms with Gasteiger partial charge in [-0.2, -0.15) is 0 Å². The summed E-state index contributed by atoms with van der Waals surface area (Å²) in [7, 11) is -3.08. The van der Waals surface area contributed by atoms with Crippen molar-refractivity contribution < 1.29 is 23.1 Å². The molecule has 3 N–H and O–H groups in total. The summed E-state index contributed by atoms with van der Waals surface area (Å²) in [6.45, 7) is 3.42. The highest BCUT2D eigenvalue weighted by atomic mass is 32.2. The van der Waals surface area contributed by atoms with E-state index in [1.54, 1.807) is 6.92 Å². The quantitative estimate of drug-likeness (QED) is 0.586. The van der Waals surface area contributed by atoms with E-state index in [2.05, 4.69) is 10.6 Å². The standard InChI is InChI=1S/C12H22N2O5S/c1-3-4-9(11(16)17)13-7-10(15)14-12(2)5-6-20(18,19)8-12/h9,13H,3-8H2,1-2H3,(H,14,15)(H,16,17). The van der Waals surface area contributed by atoms with Gasteiger partial charge >= 0.3 is 5.97 Å². The molecule has 1 aliphatic heterocycles. The van der Waals surface area contributed by atoms with E-state index in [0.717, 1.165) is 0 Å². The molecule has 20 heavy (non-hydrogen) atoms. The molecule has 1 saturated heterocycles. The normalized spacial score (nSPS) is 26.1. The first-order chi connectivity index (χ1) is 9.17. The van der Waals surface area contributed by atoms with Crippen LogP contribution in [0, 0.1) is 0 Å². The van der Waals surface area contributed by atoms with Crippen LogP contribution in [0.25, 0.3) is 0 Å². The van der Waals surface area contributed by atoms with E-state index in [4.69, 9.17) is 5.11 Å². The number of carboxylic acids is 1. The lowest BCUT2D eigenvalue weighted by Crippen LogP contribution is -2.51. The van der Waals surface area contributed by atoms with E-state index in [1.807, 2.05) is 6.92 Å². The number of aliphatic carboxylic acids is 1. The first-order valence-electron chi connectivity index (χ1n) is 6.65. The average Bonchev–Trinajstić information content (AvgIpc) is 2.58. The number of amides is 1. The van der Waals surface area contributed by atoms with Crippen molar-refractivity contribution in [3.8, 4) is 0 Å². The Balaban J connectivity index is 2.46. The first kappa shape index (κ1) is 16.9. The van der Waals surface area contributed by atoms with Crippen LogP contribution < -0.4 is 10.6 Å². The highest BCUT2D eigenvalue weighted by molar-refractivity contribution is 7.91. The van der Waals surface area contributed by atoms with Crippen LogP contribution in [0.15, 0.2) is 0 Å². The molecule has 0 bridgehead atoms. The fourth-order valence-corrected chi connectivity index (χ4v) is 4.40. The number of carbonyl (C=O) groups excluding carboxylic acids is 1. The summed E-state index contributed by atoms with van der Waals surface area (Å²) in [5.74, 6) is -1.37. The van der Waals surface area contributed by atoms with Crippen molar-refractivity contribution in [2.75, 3.05) is 18.1 Å². The van der Waals surface area contributed by atoms with Gasteiger partial charge in [0.15, 0.2) is 9.84 Å². The third-order valence-electron chi connectivity index (χ3n) is 3.33. The van der Waals surface area contributed by atoms with E-state index in [0.29, 0.717) is 19.3 Å². The minimum absolute atomic E-state index is 0.0664. The van der Waals surface area contributed by atoms with Gasteiger partial charge in [-0.1, -0.05) is 13.3 Å². The molecule has 0 aromatic heterocycles. The summed E-state index contributed by atoms with van der Waals surface area (Å²) in [5, 5.41) is 14.3. The fourth-order valence-electron chi connectivity index (χ4n) is 2.31. The van der Waals surface area contributed by atoms with Crippen molar-refractivity contribution in [3.05, 3.63) is 0 Å². The Labute approximate surface area is 119 Å². The highest BCUT2D eigenvalue weighted by Crippen LogP contribution is 2.22. The summed E-state index contributed by atoms with van der Waals surface area (Å²) >= 11 is 0. The molecule has 0 radical (unpaired) electrons. The third kappa shape index (κ3) is 5.09. The van der Waals surface area contributed by atoms with Crippen LogP contribution in [0.3, 0.4) is 0 Å². The molecule has 2 unspecified atom stereocenters. The molecular weight excluding hydrogens is 284 g/mol. The number of nitrogens with one attached hydrogen (secondary N) is 2. The van der Waals surface area contributed by atoms with Gasteiger partial charge < -0.3 is 10.4 Å². The predicted molar refractivity (Wildman–Crippen MR) is 74.2 cm³/mol. The van der Waals surface area contributed by atoms with Crippen LogP contribution in [-0.2, 0) is 19.4 Å². The molecule has 1 aliphatic rings. The monoisotopic (exact) mass is 306 g/mol. The molecule has 0 saturated carbocycles. The van der Waals surface area contributed by atoms with Gasteiger partial charge in [0.25, 0.3) is 0 Å². The van der Waals surface area contributed by atoms with Crippen LogP contribution in [-0.4, -0.2) is 55.0 Å². The summed E-state index contributed by atoms with van der Waals surface area (Å²) in [4.78, 5) is 22.7. The second-order valence-electron chi connectivity index (χ2n) is 5.51. The summed E-state index contributed by atoms with van der Waals surface area (Å²) in [6, 6.07) is -0.758. The van der Waals surface area contributed by atoms with Crippen molar-refractivity contribution in [1.29, 1.82) is 0 Å². The zero-order chi connectivity index (χ0) is 15.4. The smallest absolute Gasteiger partial charge is 0.320 e. The molecule has 7 nitrogen and oxygen atoms in total. The molecule has 0 aliphatic carbocycles. The maximum absolute atomic E-state index is 11.8. The number of sulfone groups is 1. The van der Waals surface area contributed by atoms with Gasteiger partial charge in [0.1, 0.15) is 6.04 Å². The van der Waals surface area contributed by atoms with Crippen LogP contribution in [0.5, 0.6) is 0 Å². The Morgan fingerprint density at radius 1 is 1.40 bits per heavy atom. The lowest BCUT2D eigenvalue weighted by Gasteiger charge is -2.24. The summed E-state index contributed by atoms with van der Waals surface area (Å²) < 4.78 is 22.8. The van der Waals surface area contributed by atoms with Gasteiger partial charge in [0.2, 0.25) is 5.91 Å². The van der Waals surface area contributed by atoms with Crippen LogP contribution in [0.4, 0.5) is 0 Å². The van der Waals surface area contributed by atoms with Gasteiger partial charge in [-0.3, -0.25) is 14.9 Å². The second-order valence-corrected chi connectivity index (χ2v) is 7.70. The summed E-state index contributed by atoms with van der Waals surface area (Å²) in [6.07, 6.45) is 1.52. The molecule has 1 fully saturated rings. The van der Waals surface area contributed by atoms with E-state index in [-0.39, 0.29) is 24.0 Å².